The molecule has 2 unspecified atom stereocenters. The van der Waals surface area contributed by atoms with Crippen molar-refractivity contribution in [1.29, 1.82) is 0 Å². The van der Waals surface area contributed by atoms with Gasteiger partial charge in [0.15, 0.2) is 0 Å². The Morgan fingerprint density at radius 1 is 1.40 bits per heavy atom. The molecule has 15 heavy (non-hydrogen) atoms. The zero-order chi connectivity index (χ0) is 11.1. The number of fused-ring (bicyclic) bond motifs is 1. The van der Waals surface area contributed by atoms with Crippen LogP contribution in [0, 0.1) is 5.92 Å². The predicted molar refractivity (Wildman–Crippen MR) is 56.2 cm³/mol. The average Bonchev–Trinajstić information content (AvgIpc) is 2.56. The van der Waals surface area contributed by atoms with Gasteiger partial charge in [0.2, 0.25) is 0 Å². The fraction of sp³-hybridized carbons (Fsp3) is 0.900. The summed E-state index contributed by atoms with van der Waals surface area (Å²) in [6.45, 7) is 8.14. The van der Waals surface area contributed by atoms with Crippen LogP contribution in [0.15, 0.2) is 0 Å². The molecule has 2 N–H and O–H groups in total. The molecule has 2 saturated heterocycles. The Morgan fingerprint density at radius 3 is 2.73 bits per heavy atom. The van der Waals surface area contributed by atoms with Gasteiger partial charge in [-0.15, -0.1) is 0 Å². The standard InChI is InChI=1S/C10H19N3O2/c1-10(2,3)15-9(14)13-5-7-4-11-12-8(7)6-13/h7-8,11-12H,4-6H2,1-3H3. The van der Waals surface area contributed by atoms with E-state index in [0.717, 1.165) is 19.6 Å². The van der Waals surface area contributed by atoms with Gasteiger partial charge in [0.1, 0.15) is 5.60 Å². The van der Waals surface area contributed by atoms with Crippen molar-refractivity contribution < 1.29 is 9.53 Å². The fourth-order valence-electron chi connectivity index (χ4n) is 2.04. The van der Waals surface area contributed by atoms with E-state index >= 15 is 0 Å². The van der Waals surface area contributed by atoms with E-state index in [0.29, 0.717) is 12.0 Å². The second-order valence-electron chi connectivity index (χ2n) is 5.28. The maximum Gasteiger partial charge on any atom is 0.410 e. The molecule has 0 aliphatic carbocycles. The molecule has 0 radical (unpaired) electrons. The van der Waals surface area contributed by atoms with Gasteiger partial charge >= 0.3 is 6.09 Å². The van der Waals surface area contributed by atoms with Gasteiger partial charge in [0.05, 0.1) is 0 Å². The number of carbonyl (C=O) groups excluding carboxylic acids is 1. The highest BCUT2D eigenvalue weighted by Crippen LogP contribution is 2.21. The summed E-state index contributed by atoms with van der Waals surface area (Å²) >= 11 is 0. The molecule has 2 heterocycles. The summed E-state index contributed by atoms with van der Waals surface area (Å²) in [6.07, 6.45) is -0.196. The molecule has 5 nitrogen and oxygen atoms in total. The molecule has 2 rings (SSSR count). The minimum absolute atomic E-state index is 0.196. The normalized spacial score (nSPS) is 30.5. The fourth-order valence-corrected chi connectivity index (χ4v) is 2.04. The molecule has 2 atom stereocenters. The molecule has 2 aliphatic heterocycles. The number of nitrogens with one attached hydrogen (secondary N) is 2. The van der Waals surface area contributed by atoms with Gasteiger partial charge in [0, 0.05) is 31.6 Å². The summed E-state index contributed by atoms with van der Waals surface area (Å²) in [5.41, 5.74) is 5.87. The number of hydrogen-bond acceptors (Lipinski definition) is 4. The second-order valence-corrected chi connectivity index (χ2v) is 5.28. The van der Waals surface area contributed by atoms with E-state index in [1.54, 1.807) is 4.90 Å². The number of amides is 1. The number of likely N-dealkylation sites (tertiary alicyclic amines) is 1. The number of carbonyl (C=O) groups is 1. The van der Waals surface area contributed by atoms with E-state index in [4.69, 9.17) is 4.74 Å². The van der Waals surface area contributed by atoms with Crippen LogP contribution in [0.5, 0.6) is 0 Å². The maximum atomic E-state index is 11.7. The largest absolute Gasteiger partial charge is 0.444 e. The molecular formula is C10H19N3O2. The number of hydrogen-bond donors (Lipinski definition) is 2. The summed E-state index contributed by atoms with van der Waals surface area (Å²) in [4.78, 5) is 13.5. The van der Waals surface area contributed by atoms with E-state index in [-0.39, 0.29) is 6.09 Å². The Labute approximate surface area is 90.1 Å². The lowest BCUT2D eigenvalue weighted by Gasteiger charge is -2.24. The molecule has 0 saturated carbocycles. The summed E-state index contributed by atoms with van der Waals surface area (Å²) in [7, 11) is 0. The summed E-state index contributed by atoms with van der Waals surface area (Å²) in [5.74, 6) is 0.525. The first-order valence-corrected chi connectivity index (χ1v) is 5.42. The lowest BCUT2D eigenvalue weighted by atomic mass is 10.1. The van der Waals surface area contributed by atoms with Crippen molar-refractivity contribution in [3.63, 3.8) is 0 Å². The van der Waals surface area contributed by atoms with Crippen LogP contribution in [0.25, 0.3) is 0 Å². The smallest absolute Gasteiger partial charge is 0.410 e. The third kappa shape index (κ3) is 2.41. The molecule has 0 aromatic heterocycles. The Kier molecular flexibility index (Phi) is 2.60. The van der Waals surface area contributed by atoms with Crippen LogP contribution in [-0.4, -0.2) is 42.3 Å². The zero-order valence-electron chi connectivity index (χ0n) is 9.54. The molecule has 1 amide bonds. The molecule has 2 fully saturated rings. The van der Waals surface area contributed by atoms with Crippen molar-refractivity contribution in [3.05, 3.63) is 0 Å². The van der Waals surface area contributed by atoms with E-state index in [2.05, 4.69) is 10.9 Å². The number of ether oxygens (including phenoxy) is 1. The highest BCUT2D eigenvalue weighted by Gasteiger charge is 2.39. The van der Waals surface area contributed by atoms with Crippen LogP contribution >= 0.6 is 0 Å². The Bertz CT molecular complexity index is 250. The zero-order valence-corrected chi connectivity index (χ0v) is 9.54. The number of hydrazine groups is 1. The van der Waals surface area contributed by atoms with Crippen LogP contribution < -0.4 is 10.9 Å². The molecule has 86 valence electrons. The van der Waals surface area contributed by atoms with Crippen molar-refractivity contribution in [3.8, 4) is 0 Å². The summed E-state index contributed by atoms with van der Waals surface area (Å²) in [6, 6.07) is 0.387. The molecule has 0 spiro atoms. The molecule has 5 heteroatoms. The molecule has 0 aromatic carbocycles. The Hall–Kier alpha value is -0.810. The van der Waals surface area contributed by atoms with Crippen LogP contribution in [0.2, 0.25) is 0 Å². The third-order valence-corrected chi connectivity index (χ3v) is 2.74. The first-order valence-electron chi connectivity index (χ1n) is 5.42. The Morgan fingerprint density at radius 2 is 2.13 bits per heavy atom. The highest BCUT2D eigenvalue weighted by molar-refractivity contribution is 5.68. The topological polar surface area (TPSA) is 53.6 Å². The molecule has 0 aromatic rings. The molecule has 0 bridgehead atoms. The maximum absolute atomic E-state index is 11.7. The van der Waals surface area contributed by atoms with Crippen LogP contribution in [0.3, 0.4) is 0 Å². The van der Waals surface area contributed by atoms with Crippen molar-refractivity contribution in [1.82, 2.24) is 15.8 Å². The molecule has 2 aliphatic rings. The molecular weight excluding hydrogens is 194 g/mol. The van der Waals surface area contributed by atoms with Gasteiger partial charge in [0.25, 0.3) is 0 Å². The van der Waals surface area contributed by atoms with E-state index in [1.165, 1.54) is 0 Å². The van der Waals surface area contributed by atoms with Gasteiger partial charge in [-0.3, -0.25) is 10.9 Å². The van der Waals surface area contributed by atoms with Crippen LogP contribution in [0.4, 0.5) is 4.79 Å². The first-order chi connectivity index (χ1) is 6.96. The van der Waals surface area contributed by atoms with Crippen LogP contribution in [-0.2, 0) is 4.74 Å². The van der Waals surface area contributed by atoms with E-state index in [9.17, 15) is 4.79 Å². The second kappa shape index (κ2) is 3.64. The van der Waals surface area contributed by atoms with Gasteiger partial charge in [-0.05, 0) is 20.8 Å². The van der Waals surface area contributed by atoms with Crippen molar-refractivity contribution in [2.45, 2.75) is 32.4 Å². The van der Waals surface area contributed by atoms with Crippen molar-refractivity contribution in [2.75, 3.05) is 19.6 Å². The lowest BCUT2D eigenvalue weighted by Crippen LogP contribution is -2.40. The van der Waals surface area contributed by atoms with E-state index < -0.39 is 5.60 Å². The van der Waals surface area contributed by atoms with Gasteiger partial charge in [-0.25, -0.2) is 4.79 Å². The SMILES string of the molecule is CC(C)(C)OC(=O)N1CC2CNNC2C1. The summed E-state index contributed by atoms with van der Waals surface area (Å²) in [5, 5.41) is 0. The first kappa shape index (κ1) is 10.7. The van der Waals surface area contributed by atoms with Gasteiger partial charge < -0.3 is 9.64 Å². The quantitative estimate of drug-likeness (QED) is 0.609. The minimum atomic E-state index is -0.402. The monoisotopic (exact) mass is 213 g/mol. The average molecular weight is 213 g/mol. The van der Waals surface area contributed by atoms with Gasteiger partial charge in [-0.2, -0.15) is 0 Å². The van der Waals surface area contributed by atoms with Crippen molar-refractivity contribution in [2.24, 2.45) is 5.92 Å². The Balaban J connectivity index is 1.88. The third-order valence-electron chi connectivity index (χ3n) is 2.74. The van der Waals surface area contributed by atoms with Crippen molar-refractivity contribution >= 4 is 6.09 Å². The van der Waals surface area contributed by atoms with Gasteiger partial charge in [-0.1, -0.05) is 0 Å². The number of nitrogens with zero attached hydrogens (tertiary/aromatic N) is 1. The summed E-state index contributed by atoms with van der Waals surface area (Å²) < 4.78 is 5.33. The lowest BCUT2D eigenvalue weighted by molar-refractivity contribution is 0.0282. The predicted octanol–water partition coefficient (Wildman–Crippen LogP) is 0.330. The van der Waals surface area contributed by atoms with E-state index in [1.807, 2.05) is 20.8 Å². The highest BCUT2D eigenvalue weighted by atomic mass is 16.6. The number of rotatable bonds is 0. The minimum Gasteiger partial charge on any atom is -0.444 e. The van der Waals surface area contributed by atoms with Crippen LogP contribution in [0.1, 0.15) is 20.8 Å².